The second-order valence-corrected chi connectivity index (χ2v) is 11.8. The van der Waals surface area contributed by atoms with Crippen molar-refractivity contribution in [2.45, 2.75) is 6.42 Å². The monoisotopic (exact) mass is 672 g/mol. The predicted octanol–water partition coefficient (Wildman–Crippen LogP) is 14.1. The van der Waals surface area contributed by atoms with Gasteiger partial charge in [-0.3, -0.25) is 0 Å². The molecule has 0 aliphatic rings. The van der Waals surface area contributed by atoms with Crippen molar-refractivity contribution in [2.24, 2.45) is 0 Å². The van der Waals surface area contributed by atoms with Crippen LogP contribution in [0, 0.1) is 0 Å². The lowest BCUT2D eigenvalue weighted by molar-refractivity contribution is 1.22. The molecule has 11 aromatic rings. The Bertz CT molecular complexity index is 4660. The summed E-state index contributed by atoms with van der Waals surface area (Å²) in [4.78, 5) is 0. The van der Waals surface area contributed by atoms with Gasteiger partial charge in [-0.15, -0.1) is 0 Å². The van der Waals surface area contributed by atoms with E-state index >= 15 is 0 Å². The van der Waals surface area contributed by atoms with Crippen molar-refractivity contribution in [3.8, 4) is 33.4 Å². The van der Waals surface area contributed by atoms with Gasteiger partial charge in [-0.05, 0) is 116 Å². The maximum atomic E-state index is 10.2. The minimum absolute atomic E-state index is 0.0887. The van der Waals surface area contributed by atoms with Crippen LogP contribution in [0.4, 0.5) is 0 Å². The molecular formula is C51H32. The van der Waals surface area contributed by atoms with Crippen molar-refractivity contribution >= 4 is 64.6 Å². The molecule has 0 aliphatic carbocycles. The average Bonchev–Trinajstić information content (AvgIpc) is 1.79. The molecule has 236 valence electrons. The van der Waals surface area contributed by atoms with Crippen LogP contribution in [0.15, 0.2) is 181 Å². The summed E-state index contributed by atoms with van der Waals surface area (Å²) >= 11 is 0. The van der Waals surface area contributed by atoms with Crippen LogP contribution in [-0.2, 0) is 6.42 Å². The molecule has 0 N–H and O–H groups in total. The number of benzene rings is 11. The van der Waals surface area contributed by atoms with Crippen LogP contribution in [0.1, 0.15) is 49.5 Å². The molecule has 0 unspecified atom stereocenters. The average molecular weight is 673 g/mol. The number of hydrogen-bond donors (Lipinski definition) is 0. The number of hydrogen-bond acceptors (Lipinski definition) is 0. The Balaban J connectivity index is 1.35. The molecule has 0 saturated carbocycles. The molecule has 0 saturated heterocycles. The van der Waals surface area contributed by atoms with Gasteiger partial charge in [-0.2, -0.15) is 0 Å². The van der Waals surface area contributed by atoms with E-state index in [9.17, 15) is 16.4 Å². The van der Waals surface area contributed by atoms with E-state index in [1.165, 1.54) is 0 Å². The molecule has 11 aromatic carbocycles. The van der Waals surface area contributed by atoms with Crippen LogP contribution in [-0.4, -0.2) is 0 Å². The highest BCUT2D eigenvalue weighted by Crippen LogP contribution is 2.43. The van der Waals surface area contributed by atoms with Crippen LogP contribution >= 0.6 is 0 Å². The normalized spacial score (nSPS) is 19.7. The zero-order valence-electron chi connectivity index (χ0n) is 53.9. The molecule has 0 heteroatoms. The summed E-state index contributed by atoms with van der Waals surface area (Å²) in [6.07, 6.45) is -0.960. The third-order valence-electron chi connectivity index (χ3n) is 9.04. The first-order valence-electron chi connectivity index (χ1n) is 29.6. The summed E-state index contributed by atoms with van der Waals surface area (Å²) in [6.45, 7) is 0. The summed E-state index contributed by atoms with van der Waals surface area (Å²) in [5.74, 6) is 0. The highest BCUT2D eigenvalue weighted by Gasteiger charge is 2.17. The van der Waals surface area contributed by atoms with Gasteiger partial charge in [-0.1, -0.05) is 181 Å². The first-order chi connectivity index (χ1) is 36.9. The van der Waals surface area contributed by atoms with Crippen molar-refractivity contribution in [1.82, 2.24) is 0 Å². The van der Waals surface area contributed by atoms with Crippen molar-refractivity contribution in [3.63, 3.8) is 0 Å². The largest absolute Gasteiger partial charge is 0.0633 e. The second kappa shape index (κ2) is 11.0. The van der Waals surface area contributed by atoms with E-state index in [-0.39, 0.29) is 48.5 Å². The second-order valence-electron chi connectivity index (χ2n) is 11.8. The fraction of sp³-hybridized carbons (Fsp3) is 0.0196. The van der Waals surface area contributed by atoms with Crippen LogP contribution in [0.5, 0.6) is 0 Å². The summed E-state index contributed by atoms with van der Waals surface area (Å²) in [5, 5.41) is -3.41. The van der Waals surface area contributed by atoms with E-state index in [4.69, 9.17) is 21.9 Å². The van der Waals surface area contributed by atoms with Gasteiger partial charge in [-0.25, -0.2) is 0 Å². The summed E-state index contributed by atoms with van der Waals surface area (Å²) < 4.78 is 255. The molecule has 0 aliphatic heterocycles. The maximum absolute atomic E-state index is 10.2. The molecular weight excluding hydrogens is 613 g/mol. The Hall–Kier alpha value is -6.50. The molecule has 11 rings (SSSR count). The fourth-order valence-electron chi connectivity index (χ4n) is 6.80. The minimum atomic E-state index is -1.06. The van der Waals surface area contributed by atoms with Crippen LogP contribution in [0.25, 0.3) is 98.0 Å². The van der Waals surface area contributed by atoms with Gasteiger partial charge in [0.25, 0.3) is 0 Å². The molecule has 0 radical (unpaired) electrons. The number of rotatable bonds is 5. The van der Waals surface area contributed by atoms with E-state index < -0.39 is 236 Å². The fourth-order valence-corrected chi connectivity index (χ4v) is 6.80. The molecule has 0 amide bonds. The topological polar surface area (TPSA) is 0 Å². The van der Waals surface area contributed by atoms with Crippen LogP contribution in [0.2, 0.25) is 0 Å². The van der Waals surface area contributed by atoms with Crippen molar-refractivity contribution in [1.29, 1.82) is 0 Å². The standard InChI is InChI=1S/C51H32/c1-2-8-32(9-3-1)42-26-25-39(30-41(42)31-40-21-20-37-18-16-33-10-6-12-35-22-27-44(40)50(37)48(33)35)43-14-4-5-15-45(43)46-28-23-38-19-17-34-11-7-13-36-24-29-47(46)51(38)49(34)36/h1-30H,31H2/i1D,2D,3D,4D,5D,6D,7D,8D,9D,11D,12D,13D,14D,15D,16D,17D,18D,19D,20D,21D,22D,23D,24D,25D,26D,27D,29D,30D. The Morgan fingerprint density at radius 1 is 0.314 bits per heavy atom. The third kappa shape index (κ3) is 4.33. The Labute approximate surface area is 335 Å². The highest BCUT2D eigenvalue weighted by molar-refractivity contribution is 6.26. The highest BCUT2D eigenvalue weighted by atomic mass is 14.2. The van der Waals surface area contributed by atoms with Crippen molar-refractivity contribution in [3.05, 3.63) is 192 Å². The molecule has 0 heterocycles. The Morgan fingerprint density at radius 3 is 1.75 bits per heavy atom. The van der Waals surface area contributed by atoms with Gasteiger partial charge < -0.3 is 0 Å². The summed E-state index contributed by atoms with van der Waals surface area (Å²) in [5.41, 5.74) is -5.19. The first kappa shape index (κ1) is 12.4. The van der Waals surface area contributed by atoms with Gasteiger partial charge in [0.05, 0.1) is 38.4 Å². The minimum Gasteiger partial charge on any atom is -0.0622 e. The SMILES string of the molecule is [2H]c1cc2c([2H])c([2H])c3c([2H])c([2H])c(Cc4c([2H])c(-c5c([2H])c([2H])c([2H])c([2H])c5-c5cc([2H])c6c([2H])c([2H])c7c([2H])c([2H])c([2H])c8c([2H])c([2H])c5c6c78)c([2H])c([2H])c4-c4c([2H])c([2H])c([2H])c([2H])c4[2H])c4c([2H])c([2H])c(c1[2H])c2c34. The van der Waals surface area contributed by atoms with Gasteiger partial charge in [0.1, 0.15) is 0 Å². The molecule has 0 spiro atoms. The third-order valence-corrected chi connectivity index (χ3v) is 9.04. The van der Waals surface area contributed by atoms with Gasteiger partial charge in [0, 0.05) is 0 Å². The quantitative estimate of drug-likeness (QED) is 0.160. The zero-order valence-corrected chi connectivity index (χ0v) is 25.9. The maximum Gasteiger partial charge on any atom is 0.0633 e. The first-order valence-corrected chi connectivity index (χ1v) is 15.6. The molecule has 0 atom stereocenters. The van der Waals surface area contributed by atoms with Gasteiger partial charge >= 0.3 is 0 Å². The van der Waals surface area contributed by atoms with E-state index in [1.54, 1.807) is 0 Å². The van der Waals surface area contributed by atoms with Gasteiger partial charge in [0.2, 0.25) is 0 Å². The smallest absolute Gasteiger partial charge is 0.0622 e. The molecule has 51 heavy (non-hydrogen) atoms. The lowest BCUT2D eigenvalue weighted by Crippen LogP contribution is -1.97. The van der Waals surface area contributed by atoms with E-state index in [1.807, 2.05) is 0 Å². The zero-order chi connectivity index (χ0) is 57.8. The van der Waals surface area contributed by atoms with E-state index in [0.29, 0.717) is 0 Å². The lowest BCUT2D eigenvalue weighted by atomic mass is 9.85. The predicted molar refractivity (Wildman–Crippen MR) is 219 cm³/mol. The van der Waals surface area contributed by atoms with E-state index in [2.05, 4.69) is 0 Å². The lowest BCUT2D eigenvalue weighted by Gasteiger charge is -2.19. The van der Waals surface area contributed by atoms with E-state index in [0.717, 1.165) is 12.1 Å². The van der Waals surface area contributed by atoms with Crippen molar-refractivity contribution < 1.29 is 38.4 Å². The summed E-state index contributed by atoms with van der Waals surface area (Å²) in [6, 6.07) is -20.0. The molecule has 0 bridgehead atoms. The Kier molecular flexibility index (Phi) is 2.67. The van der Waals surface area contributed by atoms with Crippen molar-refractivity contribution in [2.75, 3.05) is 0 Å². The Morgan fingerprint density at radius 2 is 0.922 bits per heavy atom. The molecule has 0 aromatic heterocycles. The molecule has 0 fully saturated rings. The van der Waals surface area contributed by atoms with Gasteiger partial charge in [0.15, 0.2) is 0 Å². The van der Waals surface area contributed by atoms with Crippen LogP contribution in [0.3, 0.4) is 0 Å². The molecule has 0 nitrogen and oxygen atoms in total. The van der Waals surface area contributed by atoms with Crippen LogP contribution < -0.4 is 0 Å². The summed E-state index contributed by atoms with van der Waals surface area (Å²) in [7, 11) is 0.